The summed E-state index contributed by atoms with van der Waals surface area (Å²) in [5.41, 5.74) is 1.91. The summed E-state index contributed by atoms with van der Waals surface area (Å²) in [7, 11) is 0. The molecule has 1 aromatic heterocycles. The van der Waals surface area contributed by atoms with E-state index in [0.717, 1.165) is 5.56 Å². The molecule has 1 atom stereocenters. The average molecular weight is 519 g/mol. The van der Waals surface area contributed by atoms with Crippen LogP contribution >= 0.6 is 27.3 Å². The van der Waals surface area contributed by atoms with Crippen LogP contribution in [0, 0.1) is 6.92 Å². The molecule has 0 aliphatic carbocycles. The maximum absolute atomic E-state index is 12.7. The van der Waals surface area contributed by atoms with E-state index >= 15 is 0 Å². The summed E-state index contributed by atoms with van der Waals surface area (Å²) in [6.07, 6.45) is -0.825. The van der Waals surface area contributed by atoms with Crippen LogP contribution in [0.1, 0.15) is 36.7 Å². The standard InChI is InChI=1S/C23H23BrN2O5S/c1-5-30-23(29)18-15-10-11-16(24)19(20(15)32-22(18)25-14(4)27)31-13(3)21(28)26-17-9-7-6-8-12(17)2/h6-11,13H,5H2,1-4H3,(H,25,27)(H,26,28). The van der Waals surface area contributed by atoms with Gasteiger partial charge in [0.25, 0.3) is 5.91 Å². The van der Waals surface area contributed by atoms with Crippen LogP contribution in [0.4, 0.5) is 10.7 Å². The molecule has 3 aromatic rings. The number of fused-ring (bicyclic) bond motifs is 1. The number of ether oxygens (including phenoxy) is 2. The lowest BCUT2D eigenvalue weighted by atomic mass is 10.1. The largest absolute Gasteiger partial charge is 0.478 e. The number of anilines is 2. The number of carbonyl (C=O) groups is 3. The van der Waals surface area contributed by atoms with Gasteiger partial charge in [0.1, 0.15) is 10.6 Å². The minimum Gasteiger partial charge on any atom is -0.478 e. The Bertz CT molecular complexity index is 1190. The molecule has 0 aliphatic rings. The molecule has 0 bridgehead atoms. The lowest BCUT2D eigenvalue weighted by Gasteiger charge is -2.17. The molecular formula is C23H23BrN2O5S. The van der Waals surface area contributed by atoms with Crippen molar-refractivity contribution in [3.8, 4) is 5.75 Å². The highest BCUT2D eigenvalue weighted by molar-refractivity contribution is 9.10. The summed E-state index contributed by atoms with van der Waals surface area (Å²) < 4.78 is 12.4. The molecule has 0 saturated heterocycles. The zero-order valence-electron chi connectivity index (χ0n) is 18.1. The normalized spacial score (nSPS) is 11.7. The van der Waals surface area contributed by atoms with Gasteiger partial charge in [0, 0.05) is 18.0 Å². The van der Waals surface area contributed by atoms with Gasteiger partial charge in [-0.05, 0) is 54.4 Å². The average Bonchev–Trinajstić information content (AvgIpc) is 3.09. The van der Waals surface area contributed by atoms with E-state index in [-0.39, 0.29) is 24.0 Å². The number of thiophene rings is 1. The SMILES string of the molecule is CCOC(=O)c1c(NC(C)=O)sc2c(OC(C)C(=O)Nc3ccccc3C)c(Br)ccc12. The molecule has 7 nitrogen and oxygen atoms in total. The van der Waals surface area contributed by atoms with Crippen LogP contribution < -0.4 is 15.4 Å². The first-order valence-electron chi connectivity index (χ1n) is 9.95. The number of aryl methyl sites for hydroxylation is 1. The van der Waals surface area contributed by atoms with Gasteiger partial charge in [0.15, 0.2) is 11.9 Å². The highest BCUT2D eigenvalue weighted by Crippen LogP contribution is 2.45. The molecule has 1 unspecified atom stereocenters. The summed E-state index contributed by atoms with van der Waals surface area (Å²) >= 11 is 4.66. The fourth-order valence-corrected chi connectivity index (χ4v) is 4.83. The summed E-state index contributed by atoms with van der Waals surface area (Å²) in [6, 6.07) is 11.0. The second-order valence-corrected chi connectivity index (χ2v) is 8.90. The zero-order chi connectivity index (χ0) is 23.4. The summed E-state index contributed by atoms with van der Waals surface area (Å²) in [4.78, 5) is 37.0. The molecule has 0 radical (unpaired) electrons. The Balaban J connectivity index is 1.98. The van der Waals surface area contributed by atoms with Crippen molar-refractivity contribution in [2.45, 2.75) is 33.8 Å². The predicted octanol–water partition coefficient (Wildman–Crippen LogP) is 5.51. The van der Waals surface area contributed by atoms with Crippen molar-refractivity contribution in [3.63, 3.8) is 0 Å². The molecule has 3 rings (SSSR count). The topological polar surface area (TPSA) is 93.7 Å². The smallest absolute Gasteiger partial charge is 0.341 e. The van der Waals surface area contributed by atoms with Crippen molar-refractivity contribution in [1.82, 2.24) is 0 Å². The third-order valence-corrected chi connectivity index (χ3v) is 6.34. The van der Waals surface area contributed by atoms with Crippen LogP contribution in [-0.4, -0.2) is 30.5 Å². The summed E-state index contributed by atoms with van der Waals surface area (Å²) in [6.45, 7) is 6.83. The van der Waals surface area contributed by atoms with Crippen molar-refractivity contribution in [3.05, 3.63) is 52.0 Å². The molecule has 9 heteroatoms. The molecule has 2 N–H and O–H groups in total. The van der Waals surface area contributed by atoms with Crippen LogP contribution in [0.15, 0.2) is 40.9 Å². The van der Waals surface area contributed by atoms with Crippen LogP contribution in [0.5, 0.6) is 5.75 Å². The molecule has 0 fully saturated rings. The fourth-order valence-electron chi connectivity index (χ4n) is 3.05. The van der Waals surface area contributed by atoms with Crippen LogP contribution in [0.3, 0.4) is 0 Å². The Morgan fingerprint density at radius 2 is 1.84 bits per heavy atom. The van der Waals surface area contributed by atoms with Gasteiger partial charge >= 0.3 is 5.97 Å². The molecule has 1 heterocycles. The number of esters is 1. The highest BCUT2D eigenvalue weighted by atomic mass is 79.9. The number of nitrogens with one attached hydrogen (secondary N) is 2. The van der Waals surface area contributed by atoms with Crippen molar-refractivity contribution in [1.29, 1.82) is 0 Å². The number of amides is 2. The van der Waals surface area contributed by atoms with Gasteiger partial charge in [-0.1, -0.05) is 24.3 Å². The quantitative estimate of drug-likeness (QED) is 0.402. The number of hydrogen-bond acceptors (Lipinski definition) is 6. The second kappa shape index (κ2) is 10.1. The van der Waals surface area contributed by atoms with E-state index in [1.165, 1.54) is 18.3 Å². The molecule has 168 valence electrons. The first-order valence-corrected chi connectivity index (χ1v) is 11.6. The molecule has 2 aromatic carbocycles. The molecular weight excluding hydrogens is 496 g/mol. The van der Waals surface area contributed by atoms with E-state index in [1.807, 2.05) is 31.2 Å². The molecule has 32 heavy (non-hydrogen) atoms. The van der Waals surface area contributed by atoms with E-state index in [4.69, 9.17) is 9.47 Å². The second-order valence-electron chi connectivity index (χ2n) is 7.03. The zero-order valence-corrected chi connectivity index (χ0v) is 20.5. The fraction of sp³-hybridized carbons (Fsp3) is 0.261. The molecule has 0 spiro atoms. The van der Waals surface area contributed by atoms with Crippen LogP contribution in [0.25, 0.3) is 10.1 Å². The maximum atomic E-state index is 12.7. The Morgan fingerprint density at radius 1 is 1.12 bits per heavy atom. The van der Waals surface area contributed by atoms with Gasteiger partial charge < -0.3 is 20.1 Å². The molecule has 2 amide bonds. The van der Waals surface area contributed by atoms with E-state index in [9.17, 15) is 14.4 Å². The lowest BCUT2D eigenvalue weighted by molar-refractivity contribution is -0.122. The van der Waals surface area contributed by atoms with Crippen molar-refractivity contribution in [2.24, 2.45) is 0 Å². The maximum Gasteiger partial charge on any atom is 0.341 e. The Morgan fingerprint density at radius 3 is 2.50 bits per heavy atom. The van der Waals surface area contributed by atoms with Crippen molar-refractivity contribution < 1.29 is 23.9 Å². The third-order valence-electron chi connectivity index (χ3n) is 4.60. The predicted molar refractivity (Wildman–Crippen MR) is 130 cm³/mol. The van der Waals surface area contributed by atoms with Crippen LogP contribution in [0.2, 0.25) is 0 Å². The minimum atomic E-state index is -0.825. The van der Waals surface area contributed by atoms with Gasteiger partial charge in [0.2, 0.25) is 5.91 Å². The third kappa shape index (κ3) is 5.11. The Labute approximate surface area is 198 Å². The summed E-state index contributed by atoms with van der Waals surface area (Å²) in [5, 5.41) is 6.50. The monoisotopic (exact) mass is 518 g/mol. The number of carbonyl (C=O) groups excluding carboxylic acids is 3. The number of hydrogen-bond donors (Lipinski definition) is 2. The lowest BCUT2D eigenvalue weighted by Crippen LogP contribution is -2.30. The van der Waals surface area contributed by atoms with Crippen molar-refractivity contribution in [2.75, 3.05) is 17.2 Å². The van der Waals surface area contributed by atoms with Gasteiger partial charge in [-0.25, -0.2) is 4.79 Å². The van der Waals surface area contributed by atoms with Crippen LogP contribution in [-0.2, 0) is 14.3 Å². The first kappa shape index (κ1) is 23.7. The minimum absolute atomic E-state index is 0.200. The van der Waals surface area contributed by atoms with Gasteiger partial charge in [-0.2, -0.15) is 0 Å². The van der Waals surface area contributed by atoms with E-state index in [2.05, 4.69) is 26.6 Å². The highest BCUT2D eigenvalue weighted by Gasteiger charge is 2.26. The van der Waals surface area contributed by atoms with E-state index in [1.54, 1.807) is 26.0 Å². The number of rotatable bonds is 7. The number of benzene rings is 2. The Kier molecular flexibility index (Phi) is 7.52. The van der Waals surface area contributed by atoms with Crippen molar-refractivity contribution >= 4 is 65.8 Å². The molecule has 0 aliphatic heterocycles. The molecule has 0 saturated carbocycles. The first-order chi connectivity index (χ1) is 15.2. The number of para-hydroxylation sites is 1. The summed E-state index contributed by atoms with van der Waals surface area (Å²) in [5.74, 6) is -0.759. The van der Waals surface area contributed by atoms with Gasteiger partial charge in [0.05, 0.1) is 15.8 Å². The van der Waals surface area contributed by atoms with E-state index in [0.29, 0.717) is 31.0 Å². The number of halogens is 1. The van der Waals surface area contributed by atoms with Gasteiger partial charge in [-0.15, -0.1) is 11.3 Å². The Hall–Kier alpha value is -2.91. The van der Waals surface area contributed by atoms with Gasteiger partial charge in [-0.3, -0.25) is 9.59 Å². The van der Waals surface area contributed by atoms with E-state index < -0.39 is 12.1 Å².